The number of alkyl halides is 3. The van der Waals surface area contributed by atoms with Crippen molar-refractivity contribution in [2.75, 3.05) is 0 Å². The lowest BCUT2D eigenvalue weighted by molar-refractivity contribution is -0.137. The van der Waals surface area contributed by atoms with E-state index in [0.29, 0.717) is 0 Å². The van der Waals surface area contributed by atoms with E-state index in [2.05, 4.69) is 5.43 Å². The van der Waals surface area contributed by atoms with Gasteiger partial charge in [-0.05, 0) is 36.8 Å². The molecular formula is C13H17F3N2. The van der Waals surface area contributed by atoms with Crippen LogP contribution in [0.25, 0.3) is 0 Å². The summed E-state index contributed by atoms with van der Waals surface area (Å²) in [4.78, 5) is 0. The van der Waals surface area contributed by atoms with Crippen LogP contribution in [0.4, 0.5) is 13.2 Å². The third kappa shape index (κ3) is 3.03. The van der Waals surface area contributed by atoms with Crippen LogP contribution in [0.2, 0.25) is 0 Å². The van der Waals surface area contributed by atoms with Gasteiger partial charge in [0, 0.05) is 6.04 Å². The molecule has 1 aromatic carbocycles. The van der Waals surface area contributed by atoms with E-state index in [0.717, 1.165) is 37.3 Å². The molecule has 0 aromatic heterocycles. The molecule has 0 spiro atoms. The third-order valence-corrected chi connectivity index (χ3v) is 3.60. The molecule has 0 amide bonds. The highest BCUT2D eigenvalue weighted by Crippen LogP contribution is 2.36. The van der Waals surface area contributed by atoms with Gasteiger partial charge in [-0.3, -0.25) is 11.3 Å². The van der Waals surface area contributed by atoms with Crippen molar-refractivity contribution in [2.24, 2.45) is 5.84 Å². The fourth-order valence-electron chi connectivity index (χ4n) is 2.61. The maximum Gasteiger partial charge on any atom is 0.416 e. The summed E-state index contributed by atoms with van der Waals surface area (Å²) in [5, 5.41) is 0. The Kier molecular flexibility index (Phi) is 3.92. The molecule has 2 atom stereocenters. The minimum absolute atomic E-state index is 0.169. The Morgan fingerprint density at radius 1 is 1.22 bits per heavy atom. The lowest BCUT2D eigenvalue weighted by atomic mass is 9.81. The first-order valence-corrected chi connectivity index (χ1v) is 6.14. The molecule has 2 nitrogen and oxygen atoms in total. The maximum atomic E-state index is 12.6. The van der Waals surface area contributed by atoms with E-state index in [4.69, 9.17) is 5.84 Å². The third-order valence-electron chi connectivity index (χ3n) is 3.60. The largest absolute Gasteiger partial charge is 0.416 e. The van der Waals surface area contributed by atoms with Gasteiger partial charge < -0.3 is 0 Å². The van der Waals surface area contributed by atoms with Crippen LogP contribution in [0, 0.1) is 0 Å². The molecule has 18 heavy (non-hydrogen) atoms. The van der Waals surface area contributed by atoms with Gasteiger partial charge in [-0.1, -0.05) is 24.6 Å². The Balaban J connectivity index is 2.18. The van der Waals surface area contributed by atoms with Crippen LogP contribution in [0.1, 0.15) is 42.7 Å². The summed E-state index contributed by atoms with van der Waals surface area (Å²) in [6.07, 6.45) is -0.546. The van der Waals surface area contributed by atoms with E-state index in [9.17, 15) is 13.2 Å². The Morgan fingerprint density at radius 2 is 2.00 bits per heavy atom. The lowest BCUT2D eigenvalue weighted by Crippen LogP contribution is -2.38. The highest BCUT2D eigenvalue weighted by molar-refractivity contribution is 5.28. The van der Waals surface area contributed by atoms with Crippen molar-refractivity contribution in [1.82, 2.24) is 5.43 Å². The van der Waals surface area contributed by atoms with Crippen LogP contribution < -0.4 is 11.3 Å². The summed E-state index contributed by atoms with van der Waals surface area (Å²) in [5.41, 5.74) is 2.93. The number of hydrogen-bond donors (Lipinski definition) is 2. The van der Waals surface area contributed by atoms with Crippen molar-refractivity contribution >= 4 is 0 Å². The van der Waals surface area contributed by atoms with Gasteiger partial charge in [0.1, 0.15) is 0 Å². The molecule has 1 aliphatic carbocycles. The molecule has 0 bridgehead atoms. The number of benzene rings is 1. The summed E-state index contributed by atoms with van der Waals surface area (Å²) in [5.74, 6) is 5.58. The van der Waals surface area contributed by atoms with Gasteiger partial charge in [0.25, 0.3) is 0 Å². The molecule has 100 valence electrons. The van der Waals surface area contributed by atoms with E-state index >= 15 is 0 Å². The predicted molar refractivity (Wildman–Crippen MR) is 63.8 cm³/mol. The standard InChI is InChI=1S/C13H17F3N2/c14-13(15,16)11-5-1-3-9(7-11)10-4-2-6-12(8-10)18-17/h1,3,5,7,10,12,18H,2,4,6,8,17H2. The molecule has 0 saturated heterocycles. The second-order valence-electron chi connectivity index (χ2n) is 4.85. The molecule has 3 N–H and O–H groups in total. The first-order chi connectivity index (χ1) is 8.50. The monoisotopic (exact) mass is 258 g/mol. The fourth-order valence-corrected chi connectivity index (χ4v) is 2.61. The van der Waals surface area contributed by atoms with Crippen molar-refractivity contribution in [3.05, 3.63) is 35.4 Å². The molecule has 0 radical (unpaired) electrons. The van der Waals surface area contributed by atoms with Gasteiger partial charge in [-0.25, -0.2) is 0 Å². The van der Waals surface area contributed by atoms with Crippen LogP contribution in [0.15, 0.2) is 24.3 Å². The Bertz CT molecular complexity index is 403. The Morgan fingerprint density at radius 3 is 2.67 bits per heavy atom. The summed E-state index contributed by atoms with van der Waals surface area (Å²) < 4.78 is 37.9. The molecule has 1 aromatic rings. The molecular weight excluding hydrogens is 241 g/mol. The zero-order chi connectivity index (χ0) is 13.2. The number of rotatable bonds is 2. The summed E-state index contributed by atoms with van der Waals surface area (Å²) in [6, 6.07) is 5.85. The second-order valence-corrected chi connectivity index (χ2v) is 4.85. The van der Waals surface area contributed by atoms with Crippen LogP contribution in [0.5, 0.6) is 0 Å². The van der Waals surface area contributed by atoms with Gasteiger partial charge in [0.2, 0.25) is 0 Å². The van der Waals surface area contributed by atoms with Gasteiger partial charge >= 0.3 is 6.18 Å². The summed E-state index contributed by atoms with van der Waals surface area (Å²) in [6.45, 7) is 0. The van der Waals surface area contributed by atoms with Gasteiger partial charge in [-0.2, -0.15) is 13.2 Å². The molecule has 2 rings (SSSR count). The molecule has 2 unspecified atom stereocenters. The van der Waals surface area contributed by atoms with E-state index in [1.165, 1.54) is 12.1 Å². The first-order valence-electron chi connectivity index (χ1n) is 6.14. The smallest absolute Gasteiger partial charge is 0.271 e. The predicted octanol–water partition coefficient (Wildman–Crippen LogP) is 3.19. The molecule has 0 heterocycles. The van der Waals surface area contributed by atoms with Crippen molar-refractivity contribution in [2.45, 2.75) is 43.8 Å². The molecule has 1 fully saturated rings. The van der Waals surface area contributed by atoms with E-state index in [1.54, 1.807) is 6.07 Å². The molecule has 5 heteroatoms. The lowest BCUT2D eigenvalue weighted by Gasteiger charge is -2.29. The minimum Gasteiger partial charge on any atom is -0.271 e. The number of nitrogens with two attached hydrogens (primary N) is 1. The number of hydrazine groups is 1. The minimum atomic E-state index is -4.27. The van der Waals surface area contributed by atoms with E-state index in [-0.39, 0.29) is 12.0 Å². The van der Waals surface area contributed by atoms with Crippen molar-refractivity contribution < 1.29 is 13.2 Å². The van der Waals surface area contributed by atoms with Crippen LogP contribution in [-0.2, 0) is 6.18 Å². The topological polar surface area (TPSA) is 38.0 Å². The molecule has 0 aliphatic heterocycles. The quantitative estimate of drug-likeness (QED) is 0.631. The average Bonchev–Trinajstić information content (AvgIpc) is 2.38. The SMILES string of the molecule is NNC1CCCC(c2cccc(C(F)(F)F)c2)C1. The van der Waals surface area contributed by atoms with Crippen LogP contribution >= 0.6 is 0 Å². The van der Waals surface area contributed by atoms with Gasteiger partial charge in [-0.15, -0.1) is 0 Å². The van der Waals surface area contributed by atoms with Gasteiger partial charge in [0.15, 0.2) is 0 Å². The normalized spacial score (nSPS) is 25.1. The highest BCUT2D eigenvalue weighted by atomic mass is 19.4. The summed E-state index contributed by atoms with van der Waals surface area (Å²) in [7, 11) is 0. The summed E-state index contributed by atoms with van der Waals surface area (Å²) >= 11 is 0. The van der Waals surface area contributed by atoms with E-state index in [1.807, 2.05) is 0 Å². The maximum absolute atomic E-state index is 12.6. The Labute approximate surface area is 104 Å². The zero-order valence-electron chi connectivity index (χ0n) is 10.0. The number of hydrogen-bond acceptors (Lipinski definition) is 2. The van der Waals surface area contributed by atoms with Crippen molar-refractivity contribution in [3.8, 4) is 0 Å². The van der Waals surface area contributed by atoms with Crippen LogP contribution in [-0.4, -0.2) is 6.04 Å². The average molecular weight is 258 g/mol. The second kappa shape index (κ2) is 5.28. The van der Waals surface area contributed by atoms with Crippen molar-refractivity contribution in [3.63, 3.8) is 0 Å². The molecule has 1 saturated carbocycles. The van der Waals surface area contributed by atoms with Crippen molar-refractivity contribution in [1.29, 1.82) is 0 Å². The van der Waals surface area contributed by atoms with E-state index < -0.39 is 11.7 Å². The van der Waals surface area contributed by atoms with Crippen LogP contribution in [0.3, 0.4) is 0 Å². The molecule has 1 aliphatic rings. The number of nitrogens with one attached hydrogen (secondary N) is 1. The first kappa shape index (κ1) is 13.4. The highest BCUT2D eigenvalue weighted by Gasteiger charge is 2.31. The number of halogens is 3. The van der Waals surface area contributed by atoms with Gasteiger partial charge in [0.05, 0.1) is 5.56 Å². The fraction of sp³-hybridized carbons (Fsp3) is 0.538. The Hall–Kier alpha value is -1.07. The zero-order valence-corrected chi connectivity index (χ0v) is 10.0.